The van der Waals surface area contributed by atoms with Crippen LogP contribution in [0.4, 0.5) is 0 Å². The van der Waals surface area contributed by atoms with Gasteiger partial charge in [-0.3, -0.25) is 0 Å². The van der Waals surface area contributed by atoms with Crippen LogP contribution in [-0.4, -0.2) is 6.54 Å². The van der Waals surface area contributed by atoms with Crippen molar-refractivity contribution < 1.29 is 4.42 Å². The third-order valence-corrected chi connectivity index (χ3v) is 4.91. The largest absolute Gasteiger partial charge is 0.467 e. The SMILES string of the molecule is CCCNC(c1occc1C)C1CCC(C)C(C)C1. The summed E-state index contributed by atoms with van der Waals surface area (Å²) in [5.74, 6) is 3.60. The zero-order valence-corrected chi connectivity index (χ0v) is 12.9. The first kappa shape index (κ1) is 14.6. The van der Waals surface area contributed by atoms with E-state index in [-0.39, 0.29) is 0 Å². The van der Waals surface area contributed by atoms with Crippen molar-refractivity contribution in [3.05, 3.63) is 23.7 Å². The van der Waals surface area contributed by atoms with E-state index in [9.17, 15) is 0 Å². The van der Waals surface area contributed by atoms with Gasteiger partial charge >= 0.3 is 0 Å². The molecule has 4 unspecified atom stereocenters. The molecule has 1 aliphatic carbocycles. The van der Waals surface area contributed by atoms with Crippen molar-refractivity contribution in [2.24, 2.45) is 17.8 Å². The van der Waals surface area contributed by atoms with Crippen LogP contribution in [0.1, 0.15) is 63.8 Å². The Bertz CT molecular complexity index is 384. The van der Waals surface area contributed by atoms with E-state index >= 15 is 0 Å². The Morgan fingerprint density at radius 3 is 2.68 bits per heavy atom. The molecule has 1 aromatic rings. The standard InChI is InChI=1S/C17H29NO/c1-5-9-18-16(17-13(3)8-10-19-17)15-7-6-12(2)14(4)11-15/h8,10,12,14-16,18H,5-7,9,11H2,1-4H3. The van der Waals surface area contributed by atoms with Gasteiger partial charge in [0.25, 0.3) is 0 Å². The molecule has 0 aliphatic heterocycles. The fraction of sp³-hybridized carbons (Fsp3) is 0.765. The summed E-state index contributed by atoms with van der Waals surface area (Å²) in [6.07, 6.45) is 7.01. The van der Waals surface area contributed by atoms with Crippen LogP contribution in [-0.2, 0) is 0 Å². The summed E-state index contributed by atoms with van der Waals surface area (Å²) in [5.41, 5.74) is 1.29. The fourth-order valence-electron chi connectivity index (χ4n) is 3.37. The average molecular weight is 263 g/mol. The summed E-state index contributed by atoms with van der Waals surface area (Å²) >= 11 is 0. The van der Waals surface area contributed by atoms with Gasteiger partial charge in [0.2, 0.25) is 0 Å². The van der Waals surface area contributed by atoms with Crippen molar-refractivity contribution >= 4 is 0 Å². The van der Waals surface area contributed by atoms with Crippen LogP contribution in [0.15, 0.2) is 16.7 Å². The fourth-order valence-corrected chi connectivity index (χ4v) is 3.37. The van der Waals surface area contributed by atoms with Gasteiger partial charge in [0.1, 0.15) is 5.76 Å². The van der Waals surface area contributed by atoms with Crippen molar-refractivity contribution in [2.45, 2.75) is 59.4 Å². The zero-order chi connectivity index (χ0) is 13.8. The van der Waals surface area contributed by atoms with E-state index in [2.05, 4.69) is 39.1 Å². The lowest BCUT2D eigenvalue weighted by atomic mass is 9.72. The molecule has 2 rings (SSSR count). The minimum Gasteiger partial charge on any atom is -0.467 e. The lowest BCUT2D eigenvalue weighted by Crippen LogP contribution is -2.33. The number of hydrogen-bond donors (Lipinski definition) is 1. The molecule has 0 spiro atoms. The average Bonchev–Trinajstić information content (AvgIpc) is 2.80. The predicted octanol–water partition coefficient (Wildman–Crippen LogP) is 4.70. The third kappa shape index (κ3) is 3.42. The van der Waals surface area contributed by atoms with Crippen molar-refractivity contribution in [3.63, 3.8) is 0 Å². The van der Waals surface area contributed by atoms with E-state index in [0.717, 1.165) is 24.3 Å². The molecule has 1 aromatic heterocycles. The summed E-state index contributed by atoms with van der Waals surface area (Å²) in [6.45, 7) is 10.3. The van der Waals surface area contributed by atoms with Crippen LogP contribution in [0.2, 0.25) is 0 Å². The highest BCUT2D eigenvalue weighted by Gasteiger charge is 2.32. The molecule has 0 bridgehead atoms. The Hall–Kier alpha value is -0.760. The predicted molar refractivity (Wildman–Crippen MR) is 80.1 cm³/mol. The Kier molecular flexibility index (Phi) is 5.09. The van der Waals surface area contributed by atoms with Crippen LogP contribution in [0.25, 0.3) is 0 Å². The summed E-state index contributed by atoms with van der Waals surface area (Å²) in [4.78, 5) is 0. The van der Waals surface area contributed by atoms with Crippen LogP contribution in [0.5, 0.6) is 0 Å². The summed E-state index contributed by atoms with van der Waals surface area (Å²) in [5, 5.41) is 3.72. The van der Waals surface area contributed by atoms with Gasteiger partial charge in [-0.2, -0.15) is 0 Å². The van der Waals surface area contributed by atoms with E-state index < -0.39 is 0 Å². The minimum atomic E-state index is 0.407. The van der Waals surface area contributed by atoms with Gasteiger partial charge in [0.05, 0.1) is 12.3 Å². The van der Waals surface area contributed by atoms with Crippen molar-refractivity contribution in [1.29, 1.82) is 0 Å². The number of nitrogens with one attached hydrogen (secondary N) is 1. The highest BCUT2D eigenvalue weighted by Crippen LogP contribution is 2.40. The quantitative estimate of drug-likeness (QED) is 0.833. The molecular weight excluding hydrogens is 234 g/mol. The van der Waals surface area contributed by atoms with Gasteiger partial charge in [0.15, 0.2) is 0 Å². The third-order valence-electron chi connectivity index (χ3n) is 4.91. The van der Waals surface area contributed by atoms with Gasteiger partial charge in [0, 0.05) is 0 Å². The maximum Gasteiger partial charge on any atom is 0.123 e. The van der Waals surface area contributed by atoms with E-state index in [1.54, 1.807) is 0 Å². The summed E-state index contributed by atoms with van der Waals surface area (Å²) < 4.78 is 5.78. The van der Waals surface area contributed by atoms with Crippen molar-refractivity contribution in [1.82, 2.24) is 5.32 Å². The summed E-state index contributed by atoms with van der Waals surface area (Å²) in [7, 11) is 0. The first-order chi connectivity index (χ1) is 9.13. The molecule has 1 N–H and O–H groups in total. The van der Waals surface area contributed by atoms with Crippen LogP contribution in [0, 0.1) is 24.7 Å². The molecule has 2 nitrogen and oxygen atoms in total. The molecule has 4 atom stereocenters. The van der Waals surface area contributed by atoms with E-state index in [0.29, 0.717) is 6.04 Å². The van der Waals surface area contributed by atoms with Crippen molar-refractivity contribution in [2.75, 3.05) is 6.54 Å². The first-order valence-corrected chi connectivity index (χ1v) is 7.90. The van der Waals surface area contributed by atoms with E-state index in [4.69, 9.17) is 4.42 Å². The molecule has 0 radical (unpaired) electrons. The molecule has 2 heteroatoms. The molecule has 19 heavy (non-hydrogen) atoms. The first-order valence-electron chi connectivity index (χ1n) is 7.90. The lowest BCUT2D eigenvalue weighted by molar-refractivity contribution is 0.160. The second kappa shape index (κ2) is 6.60. The van der Waals surface area contributed by atoms with Crippen LogP contribution in [0.3, 0.4) is 0 Å². The van der Waals surface area contributed by atoms with Gasteiger partial charge in [-0.25, -0.2) is 0 Å². The Labute approximate surface area is 118 Å². The zero-order valence-electron chi connectivity index (χ0n) is 12.9. The maximum absolute atomic E-state index is 5.78. The minimum absolute atomic E-state index is 0.407. The molecule has 1 heterocycles. The monoisotopic (exact) mass is 263 g/mol. The topological polar surface area (TPSA) is 25.2 Å². The van der Waals surface area contributed by atoms with Gasteiger partial charge < -0.3 is 9.73 Å². The Morgan fingerprint density at radius 2 is 2.11 bits per heavy atom. The second-order valence-electron chi connectivity index (χ2n) is 6.43. The molecule has 0 aromatic carbocycles. The Balaban J connectivity index is 2.11. The number of hydrogen-bond acceptors (Lipinski definition) is 2. The van der Waals surface area contributed by atoms with Gasteiger partial charge in [-0.1, -0.05) is 27.2 Å². The Morgan fingerprint density at radius 1 is 1.32 bits per heavy atom. The van der Waals surface area contributed by atoms with Crippen molar-refractivity contribution in [3.8, 4) is 0 Å². The van der Waals surface area contributed by atoms with Gasteiger partial charge in [-0.15, -0.1) is 0 Å². The number of rotatable bonds is 5. The van der Waals surface area contributed by atoms with Crippen LogP contribution < -0.4 is 5.32 Å². The number of furan rings is 1. The molecule has 108 valence electrons. The summed E-state index contributed by atoms with van der Waals surface area (Å²) in [6, 6.07) is 2.50. The molecule has 0 saturated heterocycles. The number of aryl methyl sites for hydroxylation is 1. The highest BCUT2D eigenvalue weighted by atomic mass is 16.3. The molecule has 1 saturated carbocycles. The maximum atomic E-state index is 5.78. The van der Waals surface area contributed by atoms with E-state index in [1.807, 2.05) is 6.26 Å². The molecule has 1 aliphatic rings. The van der Waals surface area contributed by atoms with Crippen LogP contribution >= 0.6 is 0 Å². The lowest BCUT2D eigenvalue weighted by Gasteiger charge is -2.36. The molecule has 1 fully saturated rings. The normalized spacial score (nSPS) is 29.4. The molecule has 0 amide bonds. The van der Waals surface area contributed by atoms with E-state index in [1.165, 1.54) is 37.0 Å². The highest BCUT2D eigenvalue weighted by molar-refractivity contribution is 5.19. The van der Waals surface area contributed by atoms with Gasteiger partial charge in [-0.05, 0) is 62.1 Å². The molecular formula is C17H29NO. The smallest absolute Gasteiger partial charge is 0.123 e. The second-order valence-corrected chi connectivity index (χ2v) is 6.43.